The van der Waals surface area contributed by atoms with E-state index in [4.69, 9.17) is 5.26 Å². The van der Waals surface area contributed by atoms with Crippen molar-refractivity contribution in [3.63, 3.8) is 0 Å². The molecular formula is C15H20N2O. The number of benzene rings is 1. The van der Waals surface area contributed by atoms with Crippen molar-refractivity contribution in [2.24, 2.45) is 5.92 Å². The van der Waals surface area contributed by atoms with Crippen LogP contribution in [0.2, 0.25) is 0 Å². The summed E-state index contributed by atoms with van der Waals surface area (Å²) in [4.78, 5) is 2.24. The first-order valence-electron chi connectivity index (χ1n) is 6.56. The fraction of sp³-hybridized carbons (Fsp3) is 0.533. The molecule has 1 N–H and O–H groups in total. The zero-order valence-electron chi connectivity index (χ0n) is 10.8. The van der Waals surface area contributed by atoms with Crippen molar-refractivity contribution in [3.8, 4) is 6.07 Å². The van der Waals surface area contributed by atoms with E-state index in [1.54, 1.807) is 0 Å². The van der Waals surface area contributed by atoms with Crippen LogP contribution in [-0.4, -0.2) is 29.2 Å². The van der Waals surface area contributed by atoms with E-state index >= 15 is 0 Å². The number of likely N-dealkylation sites (tertiary alicyclic amines) is 1. The quantitative estimate of drug-likeness (QED) is 0.887. The number of aliphatic hydroxyl groups is 1. The Hall–Kier alpha value is -1.37. The molecule has 0 spiro atoms. The summed E-state index contributed by atoms with van der Waals surface area (Å²) in [5.74, 6) is 0.361. The van der Waals surface area contributed by atoms with Crippen molar-refractivity contribution in [1.29, 1.82) is 5.26 Å². The second-order valence-corrected chi connectivity index (χ2v) is 5.12. The minimum Gasteiger partial charge on any atom is -0.392 e. The van der Waals surface area contributed by atoms with Gasteiger partial charge in [-0.2, -0.15) is 5.26 Å². The summed E-state index contributed by atoms with van der Waals surface area (Å²) >= 11 is 0. The Kier molecular flexibility index (Phi) is 4.35. The van der Waals surface area contributed by atoms with Gasteiger partial charge in [0, 0.05) is 12.6 Å². The summed E-state index contributed by atoms with van der Waals surface area (Å²) in [5.41, 5.74) is 1.17. The van der Waals surface area contributed by atoms with Crippen molar-refractivity contribution in [3.05, 3.63) is 35.9 Å². The zero-order valence-corrected chi connectivity index (χ0v) is 10.8. The van der Waals surface area contributed by atoms with Gasteiger partial charge in [0.15, 0.2) is 0 Å². The lowest BCUT2D eigenvalue weighted by Gasteiger charge is -2.38. The summed E-state index contributed by atoms with van der Waals surface area (Å²) in [6.45, 7) is 3.71. The van der Waals surface area contributed by atoms with Gasteiger partial charge in [0.25, 0.3) is 0 Å². The van der Waals surface area contributed by atoms with Crippen LogP contribution in [0.3, 0.4) is 0 Å². The van der Waals surface area contributed by atoms with E-state index in [9.17, 15) is 5.11 Å². The van der Waals surface area contributed by atoms with Gasteiger partial charge >= 0.3 is 0 Å². The lowest BCUT2D eigenvalue weighted by molar-refractivity contribution is 0.0102. The number of piperidine rings is 1. The van der Waals surface area contributed by atoms with Gasteiger partial charge in [0.2, 0.25) is 0 Å². The highest BCUT2D eigenvalue weighted by molar-refractivity contribution is 5.20. The maximum Gasteiger partial charge on any atom is 0.0693 e. The molecule has 0 saturated carbocycles. The molecule has 0 bridgehead atoms. The fourth-order valence-corrected chi connectivity index (χ4v) is 2.58. The van der Waals surface area contributed by atoms with E-state index in [-0.39, 0.29) is 12.1 Å². The van der Waals surface area contributed by atoms with Crippen LogP contribution in [0.25, 0.3) is 0 Å². The van der Waals surface area contributed by atoms with Gasteiger partial charge in [-0.05, 0) is 24.4 Å². The average Bonchev–Trinajstić information content (AvgIpc) is 2.40. The third-order valence-electron chi connectivity index (χ3n) is 3.86. The molecule has 1 aliphatic rings. The molecule has 1 heterocycles. The Morgan fingerprint density at radius 2 is 2.17 bits per heavy atom. The standard InChI is InChI=1S/C15H20N2O/c1-12-8-10-17(11-15(12)18)14(7-9-16)13-5-3-2-4-6-13/h2-6,12,14-15,18H,7-8,10-11H2,1H3. The summed E-state index contributed by atoms with van der Waals surface area (Å²) in [5, 5.41) is 19.0. The molecule has 96 valence electrons. The first-order valence-corrected chi connectivity index (χ1v) is 6.56. The van der Waals surface area contributed by atoms with Crippen LogP contribution in [-0.2, 0) is 0 Å². The van der Waals surface area contributed by atoms with Gasteiger partial charge in [-0.3, -0.25) is 4.90 Å². The van der Waals surface area contributed by atoms with Crippen LogP contribution >= 0.6 is 0 Å². The van der Waals surface area contributed by atoms with Crippen LogP contribution in [0.5, 0.6) is 0 Å². The lowest BCUT2D eigenvalue weighted by atomic mass is 9.92. The molecule has 3 unspecified atom stereocenters. The van der Waals surface area contributed by atoms with E-state index < -0.39 is 0 Å². The number of hydrogen-bond donors (Lipinski definition) is 1. The van der Waals surface area contributed by atoms with Gasteiger partial charge < -0.3 is 5.11 Å². The van der Waals surface area contributed by atoms with Gasteiger partial charge in [-0.1, -0.05) is 37.3 Å². The van der Waals surface area contributed by atoms with Gasteiger partial charge in [-0.15, -0.1) is 0 Å². The van der Waals surface area contributed by atoms with Crippen molar-refractivity contribution in [2.75, 3.05) is 13.1 Å². The molecule has 0 radical (unpaired) electrons. The monoisotopic (exact) mass is 244 g/mol. The summed E-state index contributed by atoms with van der Waals surface area (Å²) in [6, 6.07) is 12.5. The highest BCUT2D eigenvalue weighted by Gasteiger charge is 2.29. The van der Waals surface area contributed by atoms with E-state index in [1.807, 2.05) is 18.2 Å². The molecule has 0 amide bonds. The third-order valence-corrected chi connectivity index (χ3v) is 3.86. The Balaban J connectivity index is 2.14. The number of nitrogens with zero attached hydrogens (tertiary/aromatic N) is 2. The van der Waals surface area contributed by atoms with Gasteiger partial charge in [0.05, 0.1) is 18.6 Å². The Morgan fingerprint density at radius 3 is 2.78 bits per heavy atom. The van der Waals surface area contributed by atoms with E-state index in [0.717, 1.165) is 13.0 Å². The zero-order chi connectivity index (χ0) is 13.0. The molecule has 1 aliphatic heterocycles. The lowest BCUT2D eigenvalue weighted by Crippen LogP contribution is -2.44. The maximum absolute atomic E-state index is 9.99. The molecule has 2 rings (SSSR count). The molecule has 1 fully saturated rings. The summed E-state index contributed by atoms with van der Waals surface area (Å²) < 4.78 is 0. The topological polar surface area (TPSA) is 47.3 Å². The molecule has 1 aromatic carbocycles. The molecule has 3 heteroatoms. The first-order chi connectivity index (χ1) is 8.72. The number of β-amino-alcohol motifs (C(OH)–C–C–N with tert-alkyl or cyclic N) is 1. The van der Waals surface area contributed by atoms with Crippen molar-refractivity contribution in [2.45, 2.75) is 31.9 Å². The van der Waals surface area contributed by atoms with E-state index in [2.05, 4.69) is 30.0 Å². The van der Waals surface area contributed by atoms with E-state index in [0.29, 0.717) is 18.9 Å². The van der Waals surface area contributed by atoms with Crippen molar-refractivity contribution < 1.29 is 5.11 Å². The molecule has 3 nitrogen and oxygen atoms in total. The molecule has 0 aliphatic carbocycles. The second-order valence-electron chi connectivity index (χ2n) is 5.12. The molecule has 18 heavy (non-hydrogen) atoms. The van der Waals surface area contributed by atoms with E-state index in [1.165, 1.54) is 5.56 Å². The first kappa shape index (κ1) is 13.1. The number of nitriles is 1. The molecular weight excluding hydrogens is 224 g/mol. The minimum atomic E-state index is -0.274. The number of hydrogen-bond acceptors (Lipinski definition) is 3. The van der Waals surface area contributed by atoms with Crippen LogP contribution < -0.4 is 0 Å². The molecule has 0 aromatic heterocycles. The molecule has 1 saturated heterocycles. The van der Waals surface area contributed by atoms with Crippen molar-refractivity contribution in [1.82, 2.24) is 4.90 Å². The third kappa shape index (κ3) is 2.90. The van der Waals surface area contributed by atoms with Crippen LogP contribution in [0, 0.1) is 17.2 Å². The predicted octanol–water partition coefficient (Wildman–Crippen LogP) is 2.34. The largest absolute Gasteiger partial charge is 0.392 e. The van der Waals surface area contributed by atoms with Crippen LogP contribution in [0.15, 0.2) is 30.3 Å². The fourth-order valence-electron chi connectivity index (χ4n) is 2.58. The maximum atomic E-state index is 9.99. The average molecular weight is 244 g/mol. The minimum absolute atomic E-state index is 0.110. The SMILES string of the molecule is CC1CCN(C(CC#N)c2ccccc2)CC1O. The van der Waals surface area contributed by atoms with Gasteiger partial charge in [0.1, 0.15) is 0 Å². The highest BCUT2D eigenvalue weighted by atomic mass is 16.3. The normalized spacial score (nSPS) is 26.5. The Bertz CT molecular complexity index is 412. The smallest absolute Gasteiger partial charge is 0.0693 e. The van der Waals surface area contributed by atoms with Crippen molar-refractivity contribution >= 4 is 0 Å². The Labute approximate surface area is 109 Å². The molecule has 1 aromatic rings. The highest BCUT2D eigenvalue weighted by Crippen LogP contribution is 2.28. The summed E-state index contributed by atoms with van der Waals surface area (Å²) in [6.07, 6.45) is 1.20. The van der Waals surface area contributed by atoms with Crippen LogP contribution in [0.4, 0.5) is 0 Å². The Morgan fingerprint density at radius 1 is 1.44 bits per heavy atom. The molecule has 3 atom stereocenters. The second kappa shape index (κ2) is 5.99. The predicted molar refractivity (Wildman–Crippen MR) is 70.8 cm³/mol. The number of rotatable bonds is 3. The number of aliphatic hydroxyl groups excluding tert-OH is 1. The summed E-state index contributed by atoms with van der Waals surface area (Å²) in [7, 11) is 0. The van der Waals surface area contributed by atoms with Gasteiger partial charge in [-0.25, -0.2) is 0 Å². The van der Waals surface area contributed by atoms with Crippen LogP contribution in [0.1, 0.15) is 31.4 Å².